The Labute approximate surface area is 229 Å². The number of anilines is 2. The van der Waals surface area contributed by atoms with E-state index in [1.165, 1.54) is 6.92 Å². The number of rotatable bonds is 9. The number of ketones is 1. The van der Waals surface area contributed by atoms with Crippen molar-refractivity contribution in [2.24, 2.45) is 0 Å². The van der Waals surface area contributed by atoms with Crippen LogP contribution in [0.25, 0.3) is 0 Å². The lowest BCUT2D eigenvalue weighted by Gasteiger charge is -2.28. The number of aryl methyl sites for hydroxylation is 2. The molecule has 2 heterocycles. The third-order valence-electron chi connectivity index (χ3n) is 6.40. The topological polar surface area (TPSA) is 142 Å². The number of nitrogens with one attached hydrogen (secondary N) is 3. The number of Topliss-reactive ketones (excluding diaryl/α,β-unsaturated/α-hetero) is 1. The van der Waals surface area contributed by atoms with Crippen LogP contribution >= 0.6 is 11.6 Å². The number of piperidine rings is 1. The van der Waals surface area contributed by atoms with Gasteiger partial charge in [0.25, 0.3) is 11.8 Å². The summed E-state index contributed by atoms with van der Waals surface area (Å²) in [4.78, 5) is 74.4. The van der Waals surface area contributed by atoms with Gasteiger partial charge in [0.2, 0.25) is 17.7 Å². The Morgan fingerprint density at radius 3 is 2.49 bits per heavy atom. The molecular weight excluding hydrogens is 524 g/mol. The maximum atomic E-state index is 13.0. The quantitative estimate of drug-likeness (QED) is 0.407. The molecule has 202 valence electrons. The minimum absolute atomic E-state index is 0.00789. The first-order valence-corrected chi connectivity index (χ1v) is 12.8. The lowest BCUT2D eigenvalue weighted by molar-refractivity contribution is -0.149. The van der Waals surface area contributed by atoms with Gasteiger partial charge in [-0.25, -0.2) is 0 Å². The van der Waals surface area contributed by atoms with Crippen LogP contribution in [0.2, 0.25) is 5.02 Å². The average Bonchev–Trinajstić information content (AvgIpc) is 3.12. The molecule has 0 aromatic heterocycles. The molecule has 2 aromatic rings. The summed E-state index contributed by atoms with van der Waals surface area (Å²) < 4.78 is 0. The van der Waals surface area contributed by atoms with Gasteiger partial charge in [0.1, 0.15) is 17.5 Å². The lowest BCUT2D eigenvalue weighted by Crippen LogP contribution is -2.54. The van der Waals surface area contributed by atoms with Crippen molar-refractivity contribution in [3.05, 3.63) is 69.9 Å². The highest BCUT2D eigenvalue weighted by molar-refractivity contribution is 6.31. The van der Waals surface area contributed by atoms with Crippen LogP contribution in [0.4, 0.5) is 11.4 Å². The van der Waals surface area contributed by atoms with Crippen molar-refractivity contribution in [1.82, 2.24) is 10.2 Å². The molecule has 1 atom stereocenters. The molecule has 10 nitrogen and oxygen atoms in total. The van der Waals surface area contributed by atoms with Gasteiger partial charge >= 0.3 is 0 Å². The second-order valence-electron chi connectivity index (χ2n) is 9.56. The molecule has 2 aliphatic rings. The smallest absolute Gasteiger partial charge is 0.278 e. The fourth-order valence-electron chi connectivity index (χ4n) is 4.48. The molecular formula is C28H27ClN4O6. The number of imide groups is 2. The van der Waals surface area contributed by atoms with E-state index in [1.54, 1.807) is 24.3 Å². The van der Waals surface area contributed by atoms with E-state index in [-0.39, 0.29) is 43.1 Å². The molecule has 39 heavy (non-hydrogen) atoms. The van der Waals surface area contributed by atoms with Gasteiger partial charge < -0.3 is 10.6 Å². The number of halogens is 1. The van der Waals surface area contributed by atoms with Crippen molar-refractivity contribution in [2.45, 2.75) is 52.0 Å². The molecule has 0 bridgehead atoms. The van der Waals surface area contributed by atoms with Crippen molar-refractivity contribution in [3.63, 3.8) is 0 Å². The van der Waals surface area contributed by atoms with Gasteiger partial charge in [-0.3, -0.25) is 39.0 Å². The molecule has 2 aliphatic heterocycles. The Morgan fingerprint density at radius 2 is 1.79 bits per heavy atom. The fraction of sp³-hybridized carbons (Fsp3) is 0.286. The number of hydrogen-bond donors (Lipinski definition) is 3. The molecule has 5 amide bonds. The molecule has 3 N–H and O–H groups in total. The second kappa shape index (κ2) is 11.6. The van der Waals surface area contributed by atoms with Gasteiger partial charge in [-0.2, -0.15) is 0 Å². The second-order valence-corrected chi connectivity index (χ2v) is 9.97. The fourth-order valence-corrected chi connectivity index (χ4v) is 4.69. The molecule has 0 aliphatic carbocycles. The van der Waals surface area contributed by atoms with Crippen molar-refractivity contribution in [1.29, 1.82) is 0 Å². The Morgan fingerprint density at radius 1 is 1.05 bits per heavy atom. The van der Waals surface area contributed by atoms with E-state index in [9.17, 15) is 28.8 Å². The van der Waals surface area contributed by atoms with E-state index in [4.69, 9.17) is 11.6 Å². The third kappa shape index (κ3) is 6.77. The molecule has 1 unspecified atom stereocenters. The summed E-state index contributed by atoms with van der Waals surface area (Å²) in [6, 6.07) is 9.47. The minimum atomic E-state index is -1.08. The third-order valence-corrected chi connectivity index (χ3v) is 6.81. The molecule has 0 saturated carbocycles. The van der Waals surface area contributed by atoms with Gasteiger partial charge in [0.05, 0.1) is 0 Å². The van der Waals surface area contributed by atoms with Gasteiger partial charge in [-0.05, 0) is 60.7 Å². The summed E-state index contributed by atoms with van der Waals surface area (Å²) in [5.41, 5.74) is 3.27. The molecule has 0 spiro atoms. The number of nitrogens with zero attached hydrogens (tertiary/aromatic N) is 1. The average molecular weight is 551 g/mol. The Bertz CT molecular complexity index is 1430. The predicted octanol–water partition coefficient (Wildman–Crippen LogP) is 2.82. The minimum Gasteiger partial charge on any atom is -0.351 e. The Balaban J connectivity index is 1.47. The standard InChI is InChI=1S/C28H27ClN4O6/c1-15-3-4-18(12-22(15)29)11-21(35)6-5-17-9-19(30-16(2)34)13-20(10-17)31-23-14-26(37)33(28(23)39)24-7-8-25(36)32-27(24)38/h3-4,9-10,12-14,24,31H,5-8,11H2,1-2H3,(H,30,34)(H,32,36,38). The van der Waals surface area contributed by atoms with Crippen LogP contribution in [-0.2, 0) is 41.6 Å². The van der Waals surface area contributed by atoms with Crippen LogP contribution in [0.15, 0.2) is 48.2 Å². The first-order valence-electron chi connectivity index (χ1n) is 12.4. The maximum absolute atomic E-state index is 13.0. The first-order chi connectivity index (χ1) is 18.5. The number of carbonyl (C=O) groups excluding carboxylic acids is 6. The molecule has 11 heteroatoms. The number of benzene rings is 2. The first kappa shape index (κ1) is 27.7. The summed E-state index contributed by atoms with van der Waals surface area (Å²) in [7, 11) is 0. The summed E-state index contributed by atoms with van der Waals surface area (Å²) in [6.07, 6.45) is 2.00. The number of hydrogen-bond acceptors (Lipinski definition) is 7. The largest absolute Gasteiger partial charge is 0.351 e. The van der Waals surface area contributed by atoms with Crippen LogP contribution in [0, 0.1) is 6.92 Å². The van der Waals surface area contributed by atoms with Crippen molar-refractivity contribution in [3.8, 4) is 0 Å². The molecule has 1 fully saturated rings. The Hall–Kier alpha value is -4.31. The van der Waals surface area contributed by atoms with Gasteiger partial charge in [0.15, 0.2) is 0 Å². The number of carbonyl (C=O) groups is 6. The normalized spacial score (nSPS) is 17.2. The summed E-state index contributed by atoms with van der Waals surface area (Å²) in [5.74, 6) is -2.82. The van der Waals surface area contributed by atoms with E-state index in [0.29, 0.717) is 22.8 Å². The summed E-state index contributed by atoms with van der Waals surface area (Å²) in [5, 5.41) is 8.35. The van der Waals surface area contributed by atoms with Crippen molar-refractivity contribution < 1.29 is 28.8 Å². The maximum Gasteiger partial charge on any atom is 0.278 e. The SMILES string of the molecule is CC(=O)Nc1cc(CCC(=O)Cc2ccc(C)c(Cl)c2)cc(NC2=CC(=O)N(C3CCC(=O)NC3=O)C2=O)c1. The highest BCUT2D eigenvalue weighted by Crippen LogP contribution is 2.26. The van der Waals surface area contributed by atoms with Crippen LogP contribution in [0.3, 0.4) is 0 Å². The van der Waals surface area contributed by atoms with Crippen LogP contribution in [0.5, 0.6) is 0 Å². The van der Waals surface area contributed by atoms with Gasteiger partial charge in [-0.15, -0.1) is 0 Å². The monoisotopic (exact) mass is 550 g/mol. The van der Waals surface area contributed by atoms with Crippen molar-refractivity contribution >= 4 is 58.3 Å². The summed E-state index contributed by atoms with van der Waals surface area (Å²) >= 11 is 6.16. The molecule has 1 saturated heterocycles. The van der Waals surface area contributed by atoms with Crippen LogP contribution in [-0.4, -0.2) is 46.3 Å². The van der Waals surface area contributed by atoms with E-state index >= 15 is 0 Å². The van der Waals surface area contributed by atoms with E-state index < -0.39 is 29.7 Å². The zero-order valence-corrected chi connectivity index (χ0v) is 22.2. The van der Waals surface area contributed by atoms with E-state index in [2.05, 4.69) is 16.0 Å². The Kier molecular flexibility index (Phi) is 8.25. The predicted molar refractivity (Wildman–Crippen MR) is 144 cm³/mol. The molecule has 4 rings (SSSR count). The van der Waals surface area contributed by atoms with E-state index in [0.717, 1.165) is 27.7 Å². The van der Waals surface area contributed by atoms with Gasteiger partial charge in [0, 0.05) is 48.7 Å². The van der Waals surface area contributed by atoms with Crippen LogP contribution in [0.1, 0.15) is 42.9 Å². The zero-order chi connectivity index (χ0) is 28.3. The van der Waals surface area contributed by atoms with Crippen molar-refractivity contribution in [2.75, 3.05) is 10.6 Å². The highest BCUT2D eigenvalue weighted by atomic mass is 35.5. The molecule has 2 aromatic carbocycles. The molecule has 0 radical (unpaired) electrons. The lowest BCUT2D eigenvalue weighted by atomic mass is 10.0. The number of amides is 5. The zero-order valence-electron chi connectivity index (χ0n) is 21.4. The highest BCUT2D eigenvalue weighted by Gasteiger charge is 2.42. The summed E-state index contributed by atoms with van der Waals surface area (Å²) in [6.45, 7) is 3.24. The van der Waals surface area contributed by atoms with Gasteiger partial charge in [-0.1, -0.05) is 23.7 Å². The van der Waals surface area contributed by atoms with Crippen LogP contribution < -0.4 is 16.0 Å². The van der Waals surface area contributed by atoms with E-state index in [1.807, 2.05) is 19.1 Å².